The third kappa shape index (κ3) is 6.60. The first-order valence-electron chi connectivity index (χ1n) is 10.7. The number of amides is 2. The van der Waals surface area contributed by atoms with Crippen LogP contribution < -0.4 is 20.7 Å². The second-order valence-electron chi connectivity index (χ2n) is 7.91. The van der Waals surface area contributed by atoms with E-state index in [9.17, 15) is 9.59 Å². The van der Waals surface area contributed by atoms with Gasteiger partial charge in [0, 0.05) is 34.7 Å². The maximum absolute atomic E-state index is 12.5. The Balaban J connectivity index is 1.59. The Hall–Kier alpha value is -3.80. The Morgan fingerprint density at radius 1 is 0.812 bits per heavy atom. The number of benzene rings is 3. The van der Waals surface area contributed by atoms with Crippen LogP contribution >= 0.6 is 0 Å². The van der Waals surface area contributed by atoms with Gasteiger partial charge in [-0.3, -0.25) is 9.59 Å². The number of carbonyl (C=O) groups is 2. The van der Waals surface area contributed by atoms with Crippen LogP contribution in [0.1, 0.15) is 41.0 Å². The summed E-state index contributed by atoms with van der Waals surface area (Å²) in [5, 5.41) is 9.12. The van der Waals surface area contributed by atoms with Crippen LogP contribution in [0.2, 0.25) is 0 Å². The van der Waals surface area contributed by atoms with Crippen molar-refractivity contribution in [3.05, 3.63) is 83.9 Å². The summed E-state index contributed by atoms with van der Waals surface area (Å²) < 4.78 is 5.17. The summed E-state index contributed by atoms with van der Waals surface area (Å²) in [6.07, 6.45) is 0.949. The molecule has 32 heavy (non-hydrogen) atoms. The highest BCUT2D eigenvalue weighted by Crippen LogP contribution is 2.21. The number of ether oxygens (including phenoxy) is 1. The average molecular weight is 432 g/mol. The first kappa shape index (κ1) is 22.9. The van der Waals surface area contributed by atoms with E-state index < -0.39 is 0 Å². The van der Waals surface area contributed by atoms with E-state index in [1.54, 1.807) is 37.4 Å². The van der Waals surface area contributed by atoms with Crippen molar-refractivity contribution in [1.29, 1.82) is 0 Å². The van der Waals surface area contributed by atoms with E-state index in [1.807, 2.05) is 42.5 Å². The average Bonchev–Trinajstić information content (AvgIpc) is 2.80. The molecule has 0 aliphatic carbocycles. The number of carbonyl (C=O) groups excluding carboxylic acids is 2. The minimum Gasteiger partial charge on any atom is -0.497 e. The standard InChI is InChI=1S/C26H29N3O3/c1-18(2)14-15-27-25(30)19-6-4-8-23(16-19)28-21-10-12-22(13-11-21)29-26(31)20-7-5-9-24(17-20)32-3/h4-13,16-18,28H,14-15H2,1-3H3,(H,27,30)(H,29,31). The normalized spacial score (nSPS) is 10.5. The maximum atomic E-state index is 12.5. The van der Waals surface area contributed by atoms with Crippen molar-refractivity contribution < 1.29 is 14.3 Å². The molecule has 3 aromatic rings. The first-order chi connectivity index (χ1) is 15.4. The zero-order chi connectivity index (χ0) is 22.9. The summed E-state index contributed by atoms with van der Waals surface area (Å²) in [5.41, 5.74) is 3.48. The van der Waals surface area contributed by atoms with E-state index in [1.165, 1.54) is 0 Å². The highest BCUT2D eigenvalue weighted by molar-refractivity contribution is 6.04. The molecule has 0 heterocycles. The zero-order valence-corrected chi connectivity index (χ0v) is 18.6. The lowest BCUT2D eigenvalue weighted by Gasteiger charge is -2.11. The van der Waals surface area contributed by atoms with Gasteiger partial charge < -0.3 is 20.7 Å². The van der Waals surface area contributed by atoms with Crippen LogP contribution in [0.5, 0.6) is 5.75 Å². The van der Waals surface area contributed by atoms with Gasteiger partial charge in [0.1, 0.15) is 5.75 Å². The summed E-state index contributed by atoms with van der Waals surface area (Å²) in [6, 6.07) is 21.8. The molecule has 0 saturated carbocycles. The van der Waals surface area contributed by atoms with Crippen LogP contribution in [0.25, 0.3) is 0 Å². The fraction of sp³-hybridized carbons (Fsp3) is 0.231. The van der Waals surface area contributed by atoms with Crippen molar-refractivity contribution >= 4 is 28.9 Å². The second kappa shape index (κ2) is 11.0. The predicted molar refractivity (Wildman–Crippen MR) is 129 cm³/mol. The number of hydrogen-bond donors (Lipinski definition) is 3. The second-order valence-corrected chi connectivity index (χ2v) is 7.91. The smallest absolute Gasteiger partial charge is 0.255 e. The summed E-state index contributed by atoms with van der Waals surface area (Å²) in [4.78, 5) is 24.8. The molecule has 3 N–H and O–H groups in total. The molecule has 0 bridgehead atoms. The molecule has 0 aliphatic rings. The van der Waals surface area contributed by atoms with Gasteiger partial charge in [0.15, 0.2) is 0 Å². The highest BCUT2D eigenvalue weighted by Gasteiger charge is 2.08. The third-order valence-corrected chi connectivity index (χ3v) is 4.90. The molecule has 6 nitrogen and oxygen atoms in total. The summed E-state index contributed by atoms with van der Waals surface area (Å²) in [6.45, 7) is 4.93. The van der Waals surface area contributed by atoms with E-state index in [0.717, 1.165) is 17.8 Å². The molecule has 3 aromatic carbocycles. The minimum atomic E-state index is -0.208. The van der Waals surface area contributed by atoms with Gasteiger partial charge in [-0.2, -0.15) is 0 Å². The quantitative estimate of drug-likeness (QED) is 0.420. The van der Waals surface area contributed by atoms with Gasteiger partial charge in [0.25, 0.3) is 11.8 Å². The van der Waals surface area contributed by atoms with Crippen LogP contribution in [0.3, 0.4) is 0 Å². The molecule has 0 saturated heterocycles. The Labute approximate surface area is 189 Å². The lowest BCUT2D eigenvalue weighted by Crippen LogP contribution is -2.25. The molecule has 0 aliphatic heterocycles. The van der Waals surface area contributed by atoms with Gasteiger partial charge in [-0.05, 0) is 73.0 Å². The first-order valence-corrected chi connectivity index (χ1v) is 10.7. The van der Waals surface area contributed by atoms with Crippen LogP contribution in [0.15, 0.2) is 72.8 Å². The fourth-order valence-corrected chi connectivity index (χ4v) is 3.09. The molecule has 0 aromatic heterocycles. The van der Waals surface area contributed by atoms with E-state index in [0.29, 0.717) is 35.0 Å². The largest absolute Gasteiger partial charge is 0.497 e. The Morgan fingerprint density at radius 2 is 1.47 bits per heavy atom. The van der Waals surface area contributed by atoms with Crippen LogP contribution in [-0.4, -0.2) is 25.5 Å². The number of rotatable bonds is 9. The Bertz CT molecular complexity index is 1060. The lowest BCUT2D eigenvalue weighted by molar-refractivity contribution is 0.0951. The Kier molecular flexibility index (Phi) is 7.86. The number of nitrogens with one attached hydrogen (secondary N) is 3. The highest BCUT2D eigenvalue weighted by atomic mass is 16.5. The SMILES string of the molecule is COc1cccc(C(=O)Nc2ccc(Nc3cccc(C(=O)NCCC(C)C)c3)cc2)c1. The van der Waals surface area contributed by atoms with Gasteiger partial charge in [-0.15, -0.1) is 0 Å². The molecule has 0 radical (unpaired) electrons. The van der Waals surface area contributed by atoms with Gasteiger partial charge in [-0.25, -0.2) is 0 Å². The molecule has 2 amide bonds. The van der Waals surface area contributed by atoms with Gasteiger partial charge in [0.2, 0.25) is 0 Å². The molecule has 3 rings (SSSR count). The van der Waals surface area contributed by atoms with E-state index in [4.69, 9.17) is 4.74 Å². The zero-order valence-electron chi connectivity index (χ0n) is 18.6. The van der Waals surface area contributed by atoms with E-state index >= 15 is 0 Å². The minimum absolute atomic E-state index is 0.0788. The number of methoxy groups -OCH3 is 1. The van der Waals surface area contributed by atoms with Crippen LogP contribution in [-0.2, 0) is 0 Å². The van der Waals surface area contributed by atoms with Gasteiger partial charge in [-0.1, -0.05) is 26.0 Å². The number of hydrogen-bond acceptors (Lipinski definition) is 4. The van der Waals surface area contributed by atoms with Gasteiger partial charge in [0.05, 0.1) is 7.11 Å². The maximum Gasteiger partial charge on any atom is 0.255 e. The molecular weight excluding hydrogens is 402 g/mol. The van der Waals surface area contributed by atoms with Crippen molar-refractivity contribution in [1.82, 2.24) is 5.32 Å². The molecule has 0 atom stereocenters. The fourth-order valence-electron chi connectivity index (χ4n) is 3.09. The summed E-state index contributed by atoms with van der Waals surface area (Å²) in [7, 11) is 1.57. The molecule has 0 spiro atoms. The summed E-state index contributed by atoms with van der Waals surface area (Å²) in [5.74, 6) is 0.894. The van der Waals surface area contributed by atoms with E-state index in [2.05, 4.69) is 29.8 Å². The summed E-state index contributed by atoms with van der Waals surface area (Å²) >= 11 is 0. The molecular formula is C26H29N3O3. The molecule has 166 valence electrons. The van der Waals surface area contributed by atoms with Crippen molar-refractivity contribution in [3.8, 4) is 5.75 Å². The number of anilines is 3. The van der Waals surface area contributed by atoms with E-state index in [-0.39, 0.29) is 11.8 Å². The topological polar surface area (TPSA) is 79.5 Å². The molecule has 6 heteroatoms. The lowest BCUT2D eigenvalue weighted by atomic mass is 10.1. The van der Waals surface area contributed by atoms with Crippen molar-refractivity contribution in [2.24, 2.45) is 5.92 Å². The van der Waals surface area contributed by atoms with Crippen molar-refractivity contribution in [3.63, 3.8) is 0 Å². The molecule has 0 fully saturated rings. The third-order valence-electron chi connectivity index (χ3n) is 4.90. The molecule has 0 unspecified atom stereocenters. The van der Waals surface area contributed by atoms with Crippen LogP contribution in [0, 0.1) is 5.92 Å². The van der Waals surface area contributed by atoms with Gasteiger partial charge >= 0.3 is 0 Å². The predicted octanol–water partition coefficient (Wildman–Crippen LogP) is 5.47. The monoisotopic (exact) mass is 431 g/mol. The Morgan fingerprint density at radius 3 is 2.16 bits per heavy atom. The van der Waals surface area contributed by atoms with Crippen molar-refractivity contribution in [2.75, 3.05) is 24.3 Å². The van der Waals surface area contributed by atoms with Crippen LogP contribution in [0.4, 0.5) is 17.1 Å². The van der Waals surface area contributed by atoms with Crippen molar-refractivity contribution in [2.45, 2.75) is 20.3 Å².